The van der Waals surface area contributed by atoms with Crippen LogP contribution in [0.15, 0.2) is 18.2 Å². The summed E-state index contributed by atoms with van der Waals surface area (Å²) >= 11 is 0. The van der Waals surface area contributed by atoms with Gasteiger partial charge in [-0.05, 0) is 43.4 Å². The molecule has 0 spiro atoms. The van der Waals surface area contributed by atoms with Crippen LogP contribution in [-0.4, -0.2) is 17.1 Å². The lowest BCUT2D eigenvalue weighted by Crippen LogP contribution is -2.11. The van der Waals surface area contributed by atoms with Crippen LogP contribution < -0.4 is 10.5 Å². The Kier molecular flexibility index (Phi) is 5.61. The lowest BCUT2D eigenvalue weighted by molar-refractivity contribution is 0.411. The summed E-state index contributed by atoms with van der Waals surface area (Å²) in [5.41, 5.74) is 8.00. The van der Waals surface area contributed by atoms with Gasteiger partial charge in [0.05, 0.1) is 12.9 Å². The van der Waals surface area contributed by atoms with Crippen molar-refractivity contribution < 1.29 is 8.95 Å². The van der Waals surface area contributed by atoms with Crippen LogP contribution in [0.25, 0.3) is 0 Å². The van der Waals surface area contributed by atoms with E-state index in [1.807, 2.05) is 25.1 Å². The molecule has 0 heterocycles. The van der Waals surface area contributed by atoms with Crippen LogP contribution in [0.4, 0.5) is 0 Å². The number of hydrogen-bond donors (Lipinski definition) is 1. The van der Waals surface area contributed by atoms with Crippen LogP contribution in [-0.2, 0) is 16.6 Å². The smallest absolute Gasteiger partial charge is 0.123 e. The Labute approximate surface area is 124 Å². The van der Waals surface area contributed by atoms with Crippen LogP contribution in [0.2, 0.25) is 0 Å². The minimum atomic E-state index is -0.815. The highest BCUT2D eigenvalue weighted by Gasteiger charge is 2.19. The fourth-order valence-corrected chi connectivity index (χ4v) is 4.42. The molecule has 2 rings (SSSR count). The van der Waals surface area contributed by atoms with Gasteiger partial charge in [-0.1, -0.05) is 18.9 Å². The highest BCUT2D eigenvalue weighted by molar-refractivity contribution is 7.84. The molecular weight excluding hydrogens is 270 g/mol. The zero-order chi connectivity index (χ0) is 14.5. The minimum Gasteiger partial charge on any atom is -0.496 e. The van der Waals surface area contributed by atoms with Gasteiger partial charge in [-0.2, -0.15) is 0 Å². The Hall–Kier alpha value is -0.870. The first kappa shape index (κ1) is 15.5. The lowest BCUT2D eigenvalue weighted by atomic mass is 10.1. The second kappa shape index (κ2) is 7.23. The maximum Gasteiger partial charge on any atom is 0.123 e. The highest BCUT2D eigenvalue weighted by atomic mass is 32.2. The molecular formula is C16H25NO2S. The molecule has 0 aliphatic heterocycles. The standard InChI is InChI=1S/C16H25NO2S/c1-12(17)14-7-8-16(19-2)15(9-14)11-20(18)10-13-5-3-4-6-13/h7-9,12-13H,3-6,10-11,17H2,1-2H3. The van der Waals surface area contributed by atoms with Gasteiger partial charge in [0.1, 0.15) is 5.75 Å². The molecule has 1 fully saturated rings. The molecule has 0 amide bonds. The van der Waals surface area contributed by atoms with Crippen molar-refractivity contribution in [1.29, 1.82) is 0 Å². The average molecular weight is 295 g/mol. The van der Waals surface area contributed by atoms with Gasteiger partial charge in [0.25, 0.3) is 0 Å². The highest BCUT2D eigenvalue weighted by Crippen LogP contribution is 2.28. The van der Waals surface area contributed by atoms with Crippen molar-refractivity contribution in [3.05, 3.63) is 29.3 Å². The molecule has 0 aromatic heterocycles. The Morgan fingerprint density at radius 2 is 2.10 bits per heavy atom. The van der Waals surface area contributed by atoms with Gasteiger partial charge in [-0.3, -0.25) is 4.21 Å². The fraction of sp³-hybridized carbons (Fsp3) is 0.625. The Bertz CT molecular complexity index is 468. The lowest BCUT2D eigenvalue weighted by Gasteiger charge is -2.14. The molecule has 2 atom stereocenters. The van der Waals surface area contributed by atoms with Crippen LogP contribution >= 0.6 is 0 Å². The van der Waals surface area contributed by atoms with Gasteiger partial charge in [0.2, 0.25) is 0 Å². The number of benzene rings is 1. The zero-order valence-corrected chi connectivity index (χ0v) is 13.2. The second-order valence-electron chi connectivity index (χ2n) is 5.76. The summed E-state index contributed by atoms with van der Waals surface area (Å²) in [6.07, 6.45) is 5.07. The van der Waals surface area contributed by atoms with Gasteiger partial charge < -0.3 is 10.5 Å². The summed E-state index contributed by atoms with van der Waals surface area (Å²) < 4.78 is 17.7. The summed E-state index contributed by atoms with van der Waals surface area (Å²) in [4.78, 5) is 0. The molecule has 0 bridgehead atoms. The third kappa shape index (κ3) is 4.06. The molecule has 4 heteroatoms. The van der Waals surface area contributed by atoms with Crippen molar-refractivity contribution in [2.45, 2.75) is 44.4 Å². The maximum atomic E-state index is 12.3. The fourth-order valence-electron chi connectivity index (χ4n) is 2.87. The number of nitrogens with two attached hydrogens (primary N) is 1. The molecule has 1 aliphatic carbocycles. The second-order valence-corrected chi connectivity index (χ2v) is 7.26. The molecule has 20 heavy (non-hydrogen) atoms. The third-order valence-corrected chi connectivity index (χ3v) is 5.52. The van der Waals surface area contributed by atoms with E-state index in [9.17, 15) is 4.21 Å². The quantitative estimate of drug-likeness (QED) is 0.877. The number of hydrogen-bond acceptors (Lipinski definition) is 3. The van der Waals surface area contributed by atoms with Crippen molar-refractivity contribution in [3.8, 4) is 5.75 Å². The Morgan fingerprint density at radius 1 is 1.40 bits per heavy atom. The zero-order valence-electron chi connectivity index (χ0n) is 12.4. The molecule has 3 nitrogen and oxygen atoms in total. The van der Waals surface area contributed by atoms with E-state index in [1.54, 1.807) is 7.11 Å². The topological polar surface area (TPSA) is 52.3 Å². The van der Waals surface area contributed by atoms with Crippen LogP contribution in [0, 0.1) is 5.92 Å². The van der Waals surface area contributed by atoms with E-state index in [2.05, 4.69) is 0 Å². The van der Waals surface area contributed by atoms with Crippen LogP contribution in [0.3, 0.4) is 0 Å². The average Bonchev–Trinajstić information content (AvgIpc) is 2.91. The predicted molar refractivity (Wildman–Crippen MR) is 84.3 cm³/mol. The first-order chi connectivity index (χ1) is 9.60. The summed E-state index contributed by atoms with van der Waals surface area (Å²) in [5.74, 6) is 2.86. The monoisotopic (exact) mass is 295 g/mol. The summed E-state index contributed by atoms with van der Waals surface area (Å²) in [7, 11) is 0.842. The minimum absolute atomic E-state index is 0.0112. The molecule has 1 aromatic rings. The van der Waals surface area contributed by atoms with E-state index in [0.717, 1.165) is 22.6 Å². The normalized spacial score (nSPS) is 18.9. The van der Waals surface area contributed by atoms with Gasteiger partial charge in [-0.15, -0.1) is 0 Å². The third-order valence-electron chi connectivity index (χ3n) is 4.04. The molecule has 1 aromatic carbocycles. The Balaban J connectivity index is 2.05. The molecule has 1 aliphatic rings. The van der Waals surface area contributed by atoms with E-state index in [-0.39, 0.29) is 6.04 Å². The van der Waals surface area contributed by atoms with E-state index in [4.69, 9.17) is 10.5 Å². The number of ether oxygens (including phenoxy) is 1. The molecule has 2 unspecified atom stereocenters. The van der Waals surface area contributed by atoms with Crippen molar-refractivity contribution in [2.75, 3.05) is 12.9 Å². The van der Waals surface area contributed by atoms with E-state index < -0.39 is 10.8 Å². The van der Waals surface area contributed by atoms with E-state index >= 15 is 0 Å². The predicted octanol–water partition coefficient (Wildman–Crippen LogP) is 3.15. The van der Waals surface area contributed by atoms with Crippen LogP contribution in [0.5, 0.6) is 5.75 Å². The first-order valence-electron chi connectivity index (χ1n) is 7.37. The van der Waals surface area contributed by atoms with Gasteiger partial charge in [0.15, 0.2) is 0 Å². The number of rotatable bonds is 6. The first-order valence-corrected chi connectivity index (χ1v) is 8.86. The van der Waals surface area contributed by atoms with Crippen molar-refractivity contribution in [1.82, 2.24) is 0 Å². The summed E-state index contributed by atoms with van der Waals surface area (Å²) in [6, 6.07) is 5.94. The van der Waals surface area contributed by atoms with Gasteiger partial charge in [0, 0.05) is 28.2 Å². The summed E-state index contributed by atoms with van der Waals surface area (Å²) in [5, 5.41) is 0. The van der Waals surface area contributed by atoms with Crippen molar-refractivity contribution >= 4 is 10.8 Å². The van der Waals surface area contributed by atoms with Gasteiger partial charge >= 0.3 is 0 Å². The SMILES string of the molecule is COc1ccc(C(C)N)cc1CS(=O)CC1CCCC1. The van der Waals surface area contributed by atoms with E-state index in [1.165, 1.54) is 25.7 Å². The number of methoxy groups -OCH3 is 1. The molecule has 0 saturated heterocycles. The van der Waals surface area contributed by atoms with Gasteiger partial charge in [-0.25, -0.2) is 0 Å². The largest absolute Gasteiger partial charge is 0.496 e. The summed E-state index contributed by atoms with van der Waals surface area (Å²) in [6.45, 7) is 1.96. The van der Waals surface area contributed by atoms with E-state index in [0.29, 0.717) is 11.7 Å². The maximum absolute atomic E-state index is 12.3. The van der Waals surface area contributed by atoms with Crippen molar-refractivity contribution in [2.24, 2.45) is 11.7 Å². The van der Waals surface area contributed by atoms with Crippen LogP contribution in [0.1, 0.15) is 49.8 Å². The van der Waals surface area contributed by atoms with Crippen molar-refractivity contribution in [3.63, 3.8) is 0 Å². The molecule has 2 N–H and O–H groups in total. The molecule has 0 radical (unpaired) electrons. The molecule has 1 saturated carbocycles. The Morgan fingerprint density at radius 3 is 2.70 bits per heavy atom. The molecule has 112 valence electrons.